The Hall–Kier alpha value is -2.94. The molecule has 1 amide bonds. The van der Waals surface area contributed by atoms with Gasteiger partial charge in [0.15, 0.2) is 0 Å². The highest BCUT2D eigenvalue weighted by Crippen LogP contribution is 2.35. The van der Waals surface area contributed by atoms with Crippen molar-refractivity contribution < 1.29 is 23.1 Å². The number of carbonyl (C=O) groups is 1. The van der Waals surface area contributed by atoms with E-state index in [4.69, 9.17) is 5.10 Å². The molecule has 3 aromatic rings. The lowest BCUT2D eigenvalue weighted by atomic mass is 9.87. The Labute approximate surface area is 189 Å². The minimum atomic E-state index is -4.66. The predicted molar refractivity (Wildman–Crippen MR) is 119 cm³/mol. The average Bonchev–Trinajstić information content (AvgIpc) is 3.15. The van der Waals surface area contributed by atoms with Gasteiger partial charge >= 0.3 is 6.18 Å². The van der Waals surface area contributed by atoms with Gasteiger partial charge in [0.25, 0.3) is 5.91 Å². The highest BCUT2D eigenvalue weighted by Gasteiger charge is 2.33. The first kappa shape index (κ1) is 23.2. The number of fused-ring (bicyclic) bond motifs is 1. The van der Waals surface area contributed by atoms with Gasteiger partial charge in [-0.05, 0) is 69.7 Å². The molecule has 2 aromatic heterocycles. The normalized spacial score (nSPS) is 19.6. The van der Waals surface area contributed by atoms with Crippen molar-refractivity contribution in [3.05, 3.63) is 53.5 Å². The SMILES string of the molecule is CC(C)(O)c1cc2cn([C@H]3CC[C@H](C)CC3)nc2cc1NC(=O)c1cccc(C(F)(F)F)n1. The van der Waals surface area contributed by atoms with Crippen LogP contribution >= 0.6 is 0 Å². The Bertz CT molecular complexity index is 1170. The van der Waals surface area contributed by atoms with Crippen LogP contribution in [0.1, 0.15) is 74.2 Å². The molecule has 1 aromatic carbocycles. The summed E-state index contributed by atoms with van der Waals surface area (Å²) >= 11 is 0. The minimum Gasteiger partial charge on any atom is -0.386 e. The van der Waals surface area contributed by atoms with Crippen LogP contribution in [0.2, 0.25) is 0 Å². The quantitative estimate of drug-likeness (QED) is 0.525. The molecule has 2 heterocycles. The number of carbonyl (C=O) groups excluding carboxylic acids is 1. The highest BCUT2D eigenvalue weighted by atomic mass is 19.4. The first-order valence-corrected chi connectivity index (χ1v) is 11.0. The molecule has 1 saturated carbocycles. The Balaban J connectivity index is 1.68. The van der Waals surface area contributed by atoms with Crippen LogP contribution in [0.15, 0.2) is 36.5 Å². The van der Waals surface area contributed by atoms with E-state index in [1.54, 1.807) is 26.0 Å². The molecule has 9 heteroatoms. The van der Waals surface area contributed by atoms with Gasteiger partial charge in [0, 0.05) is 22.8 Å². The van der Waals surface area contributed by atoms with Gasteiger partial charge in [-0.15, -0.1) is 0 Å². The van der Waals surface area contributed by atoms with Crippen molar-refractivity contribution in [2.75, 3.05) is 5.32 Å². The number of halogens is 3. The second-order valence-electron chi connectivity index (χ2n) is 9.40. The summed E-state index contributed by atoms with van der Waals surface area (Å²) in [4.78, 5) is 16.2. The Morgan fingerprint density at radius 3 is 2.48 bits per heavy atom. The number of nitrogens with zero attached hydrogens (tertiary/aromatic N) is 3. The van der Waals surface area contributed by atoms with Gasteiger partial charge in [0.1, 0.15) is 11.4 Å². The molecule has 0 aliphatic heterocycles. The number of hydrogen-bond donors (Lipinski definition) is 2. The van der Waals surface area contributed by atoms with Gasteiger partial charge in [0.2, 0.25) is 0 Å². The van der Waals surface area contributed by atoms with E-state index < -0.39 is 23.4 Å². The number of aliphatic hydroxyl groups is 1. The summed E-state index contributed by atoms with van der Waals surface area (Å²) in [6.45, 7) is 5.41. The van der Waals surface area contributed by atoms with E-state index in [0.29, 0.717) is 23.0 Å². The van der Waals surface area contributed by atoms with E-state index in [-0.39, 0.29) is 11.4 Å². The third-order valence-electron chi connectivity index (χ3n) is 6.20. The number of benzene rings is 1. The van der Waals surface area contributed by atoms with Gasteiger partial charge < -0.3 is 10.4 Å². The molecule has 0 bridgehead atoms. The van der Waals surface area contributed by atoms with E-state index >= 15 is 0 Å². The van der Waals surface area contributed by atoms with Crippen LogP contribution in [-0.4, -0.2) is 25.8 Å². The first-order valence-electron chi connectivity index (χ1n) is 11.0. The summed E-state index contributed by atoms with van der Waals surface area (Å²) in [7, 11) is 0. The van der Waals surface area contributed by atoms with Crippen LogP contribution in [0.3, 0.4) is 0 Å². The van der Waals surface area contributed by atoms with Crippen molar-refractivity contribution in [2.45, 2.75) is 64.3 Å². The average molecular weight is 461 g/mol. The maximum atomic E-state index is 13.0. The van der Waals surface area contributed by atoms with Gasteiger partial charge in [-0.2, -0.15) is 18.3 Å². The number of hydrogen-bond acceptors (Lipinski definition) is 4. The lowest BCUT2D eigenvalue weighted by molar-refractivity contribution is -0.141. The summed E-state index contributed by atoms with van der Waals surface area (Å²) in [6, 6.07) is 6.87. The van der Waals surface area contributed by atoms with E-state index in [1.165, 1.54) is 6.07 Å². The molecule has 1 fully saturated rings. The number of anilines is 1. The standard InChI is InChI=1S/C24H27F3N4O2/c1-14-7-9-16(10-8-14)31-13-15-11-17(23(2,3)33)20(12-19(15)30-31)29-22(32)18-5-4-6-21(28-18)24(25,26)27/h4-6,11-14,16,33H,7-10H2,1-3H3,(H,29,32)/t14-,16-. The Morgan fingerprint density at radius 1 is 1.15 bits per heavy atom. The van der Waals surface area contributed by atoms with Crippen LogP contribution < -0.4 is 5.32 Å². The Kier molecular flexibility index (Phi) is 5.94. The molecule has 1 aliphatic rings. The number of amides is 1. The molecule has 0 radical (unpaired) electrons. The van der Waals surface area contributed by atoms with Gasteiger partial charge in [-0.3, -0.25) is 9.48 Å². The van der Waals surface area contributed by atoms with Gasteiger partial charge in [0.05, 0.1) is 17.2 Å². The summed E-state index contributed by atoms with van der Waals surface area (Å²) in [5.74, 6) is -0.0917. The first-order chi connectivity index (χ1) is 15.4. The smallest absolute Gasteiger partial charge is 0.386 e. The fourth-order valence-electron chi connectivity index (χ4n) is 4.30. The highest BCUT2D eigenvalue weighted by molar-refractivity contribution is 6.04. The number of aromatic nitrogens is 3. The molecule has 2 N–H and O–H groups in total. The summed E-state index contributed by atoms with van der Waals surface area (Å²) in [5, 5.41) is 18.8. The van der Waals surface area contributed by atoms with Crippen LogP contribution in [0.25, 0.3) is 10.9 Å². The summed E-state index contributed by atoms with van der Waals surface area (Å²) < 4.78 is 40.9. The molecule has 0 saturated heterocycles. The number of alkyl halides is 3. The van der Waals surface area contributed by atoms with Crippen molar-refractivity contribution >= 4 is 22.5 Å². The topological polar surface area (TPSA) is 80.0 Å². The fraction of sp³-hybridized carbons (Fsp3) is 0.458. The molecule has 33 heavy (non-hydrogen) atoms. The molecule has 0 atom stereocenters. The van der Waals surface area contributed by atoms with Crippen molar-refractivity contribution in [3.63, 3.8) is 0 Å². The number of rotatable bonds is 4. The summed E-state index contributed by atoms with van der Waals surface area (Å²) in [5.41, 5.74) is -1.47. The monoisotopic (exact) mass is 460 g/mol. The zero-order valence-corrected chi connectivity index (χ0v) is 18.8. The lowest BCUT2D eigenvalue weighted by Gasteiger charge is -2.26. The van der Waals surface area contributed by atoms with Gasteiger partial charge in [-0.25, -0.2) is 4.98 Å². The molecular weight excluding hydrogens is 433 g/mol. The molecule has 6 nitrogen and oxygen atoms in total. The third kappa shape index (κ3) is 5.03. The molecule has 1 aliphatic carbocycles. The van der Waals surface area contributed by atoms with Crippen LogP contribution in [0.4, 0.5) is 18.9 Å². The lowest BCUT2D eigenvalue weighted by Crippen LogP contribution is -2.22. The van der Waals surface area contributed by atoms with Crippen LogP contribution in [-0.2, 0) is 11.8 Å². The molecule has 0 unspecified atom stereocenters. The Morgan fingerprint density at radius 2 is 1.85 bits per heavy atom. The van der Waals surface area contributed by atoms with Crippen molar-refractivity contribution in [1.82, 2.24) is 14.8 Å². The maximum Gasteiger partial charge on any atom is 0.433 e. The third-order valence-corrected chi connectivity index (χ3v) is 6.20. The fourth-order valence-corrected chi connectivity index (χ4v) is 4.30. The van der Waals surface area contributed by atoms with Crippen LogP contribution in [0.5, 0.6) is 0 Å². The molecular formula is C24H27F3N4O2. The number of pyridine rings is 1. The van der Waals surface area contributed by atoms with E-state index in [1.807, 2.05) is 10.9 Å². The minimum absolute atomic E-state index is 0.279. The summed E-state index contributed by atoms with van der Waals surface area (Å²) in [6.07, 6.45) is 1.65. The largest absolute Gasteiger partial charge is 0.433 e. The molecule has 176 valence electrons. The molecule has 4 rings (SSSR count). The maximum absolute atomic E-state index is 13.0. The van der Waals surface area contributed by atoms with E-state index in [2.05, 4.69) is 17.2 Å². The zero-order valence-electron chi connectivity index (χ0n) is 18.8. The predicted octanol–water partition coefficient (Wildman–Crippen LogP) is 5.68. The second-order valence-corrected chi connectivity index (χ2v) is 9.40. The number of nitrogens with one attached hydrogen (secondary N) is 1. The van der Waals surface area contributed by atoms with Gasteiger partial charge in [-0.1, -0.05) is 13.0 Å². The van der Waals surface area contributed by atoms with Crippen LogP contribution in [0, 0.1) is 5.92 Å². The van der Waals surface area contributed by atoms with E-state index in [9.17, 15) is 23.1 Å². The second kappa shape index (κ2) is 8.44. The zero-order chi connectivity index (χ0) is 24.0. The van der Waals surface area contributed by atoms with Crippen molar-refractivity contribution in [2.24, 2.45) is 5.92 Å². The molecule has 0 spiro atoms. The van der Waals surface area contributed by atoms with Crippen molar-refractivity contribution in [1.29, 1.82) is 0 Å². The van der Waals surface area contributed by atoms with Crippen molar-refractivity contribution in [3.8, 4) is 0 Å². The van der Waals surface area contributed by atoms with E-state index in [0.717, 1.165) is 43.2 Å².